The van der Waals surface area contributed by atoms with Crippen molar-refractivity contribution >= 4 is 23.2 Å². The van der Waals surface area contributed by atoms with Gasteiger partial charge in [-0.05, 0) is 37.6 Å². The van der Waals surface area contributed by atoms with Crippen LogP contribution in [-0.2, 0) is 10.2 Å². The first kappa shape index (κ1) is 16.1. The summed E-state index contributed by atoms with van der Waals surface area (Å²) in [6, 6.07) is 6.24. The van der Waals surface area contributed by atoms with Gasteiger partial charge < -0.3 is 10.4 Å². The highest BCUT2D eigenvalue weighted by Gasteiger charge is 2.43. The highest BCUT2D eigenvalue weighted by atomic mass is 19.1. The molecule has 0 spiro atoms. The summed E-state index contributed by atoms with van der Waals surface area (Å²) < 4.78 is 13.6. The van der Waals surface area contributed by atoms with Gasteiger partial charge in [-0.2, -0.15) is 0 Å². The summed E-state index contributed by atoms with van der Waals surface area (Å²) in [6.45, 7) is 3.09. The zero-order valence-corrected chi connectivity index (χ0v) is 13.2. The molecule has 0 unspecified atom stereocenters. The average molecular weight is 329 g/mol. The number of hydrogen-bond acceptors (Lipinski definition) is 4. The number of pyridine rings is 1. The maximum Gasteiger partial charge on any atom is 0.258 e. The van der Waals surface area contributed by atoms with Gasteiger partial charge in [0.15, 0.2) is 5.82 Å². The number of hydrogen-bond donors (Lipinski definition) is 2. The van der Waals surface area contributed by atoms with E-state index in [1.54, 1.807) is 32.0 Å². The molecule has 0 radical (unpaired) electrons. The Hall–Kier alpha value is -2.80. The van der Waals surface area contributed by atoms with E-state index in [1.165, 1.54) is 17.2 Å². The largest absolute Gasteiger partial charge is 0.376 e. The number of carbonyl (C=O) groups is 2. The Kier molecular flexibility index (Phi) is 3.81. The third-order valence-corrected chi connectivity index (χ3v) is 4.16. The fourth-order valence-electron chi connectivity index (χ4n) is 2.82. The van der Waals surface area contributed by atoms with Crippen LogP contribution in [0, 0.1) is 5.82 Å². The topological polar surface area (TPSA) is 82.5 Å². The maximum atomic E-state index is 13.6. The molecule has 0 saturated heterocycles. The zero-order chi connectivity index (χ0) is 17.5. The molecule has 2 heterocycles. The number of aromatic nitrogens is 1. The van der Waals surface area contributed by atoms with Gasteiger partial charge in [0.2, 0.25) is 5.91 Å². The Bertz CT molecular complexity index is 836. The number of rotatable bonds is 3. The molecule has 2 aromatic rings. The Morgan fingerprint density at radius 3 is 2.79 bits per heavy atom. The van der Waals surface area contributed by atoms with Crippen LogP contribution < -0.4 is 10.2 Å². The van der Waals surface area contributed by atoms with Crippen LogP contribution in [0.3, 0.4) is 0 Å². The van der Waals surface area contributed by atoms with Gasteiger partial charge in [-0.1, -0.05) is 6.07 Å². The molecule has 2 N–H and O–H groups in total. The molecule has 0 saturated carbocycles. The van der Waals surface area contributed by atoms with Gasteiger partial charge in [0.1, 0.15) is 6.73 Å². The van der Waals surface area contributed by atoms with Crippen LogP contribution in [0.5, 0.6) is 0 Å². The summed E-state index contributed by atoms with van der Waals surface area (Å²) in [5, 5.41) is 12.1. The molecule has 124 valence electrons. The highest BCUT2D eigenvalue weighted by molar-refractivity contribution is 6.09. The summed E-state index contributed by atoms with van der Waals surface area (Å²) in [7, 11) is 0. The first-order chi connectivity index (χ1) is 11.4. The van der Waals surface area contributed by atoms with Gasteiger partial charge in [0, 0.05) is 11.9 Å². The fraction of sp³-hybridized carbons (Fsp3) is 0.235. The molecule has 7 heteroatoms. The van der Waals surface area contributed by atoms with Gasteiger partial charge >= 0.3 is 0 Å². The Labute approximate surface area is 137 Å². The standard InChI is InChI=1S/C17H16FN3O3/c1-17(2)12-4-3-10(7-14(12)21(9-22)16(17)24)20-15(23)11-5-6-19-8-13(11)18/h3-8,22H,9H2,1-2H3,(H,20,23). The molecule has 2 amide bonds. The van der Waals surface area contributed by atoms with Crippen molar-refractivity contribution in [2.24, 2.45) is 0 Å². The molecule has 3 rings (SSSR count). The van der Waals surface area contributed by atoms with E-state index < -0.39 is 23.9 Å². The SMILES string of the molecule is CC1(C)C(=O)N(CO)c2cc(NC(=O)c3ccncc3F)ccc21. The summed E-state index contributed by atoms with van der Waals surface area (Å²) in [6.07, 6.45) is 2.29. The van der Waals surface area contributed by atoms with E-state index in [-0.39, 0.29) is 11.5 Å². The van der Waals surface area contributed by atoms with Crippen molar-refractivity contribution in [3.63, 3.8) is 0 Å². The minimum Gasteiger partial charge on any atom is -0.376 e. The Morgan fingerprint density at radius 1 is 1.38 bits per heavy atom. The van der Waals surface area contributed by atoms with Crippen molar-refractivity contribution in [1.82, 2.24) is 4.98 Å². The fourth-order valence-corrected chi connectivity index (χ4v) is 2.82. The van der Waals surface area contributed by atoms with Crippen LogP contribution in [-0.4, -0.2) is 28.6 Å². The first-order valence-corrected chi connectivity index (χ1v) is 7.34. The third kappa shape index (κ3) is 2.43. The monoisotopic (exact) mass is 329 g/mol. The van der Waals surface area contributed by atoms with Crippen LogP contribution in [0.15, 0.2) is 36.7 Å². The molecule has 1 aromatic carbocycles. The smallest absolute Gasteiger partial charge is 0.258 e. The lowest BCUT2D eigenvalue weighted by Crippen LogP contribution is -2.36. The number of benzene rings is 1. The lowest BCUT2D eigenvalue weighted by molar-refractivity contribution is -0.122. The van der Waals surface area contributed by atoms with Gasteiger partial charge in [-0.3, -0.25) is 19.5 Å². The van der Waals surface area contributed by atoms with Crippen molar-refractivity contribution in [2.75, 3.05) is 16.9 Å². The number of aliphatic hydroxyl groups is 1. The van der Waals surface area contributed by atoms with Crippen LogP contribution in [0.1, 0.15) is 29.8 Å². The summed E-state index contributed by atoms with van der Waals surface area (Å²) in [4.78, 5) is 29.4. The molecule has 0 bridgehead atoms. The number of carbonyl (C=O) groups excluding carboxylic acids is 2. The molecule has 1 aliphatic heterocycles. The number of aliphatic hydroxyl groups excluding tert-OH is 1. The summed E-state index contributed by atoms with van der Waals surface area (Å²) in [5.74, 6) is -1.55. The van der Waals surface area contributed by atoms with Crippen molar-refractivity contribution in [1.29, 1.82) is 0 Å². The number of nitrogens with zero attached hydrogens (tertiary/aromatic N) is 2. The van der Waals surface area contributed by atoms with E-state index >= 15 is 0 Å². The number of nitrogens with one attached hydrogen (secondary N) is 1. The minimum absolute atomic E-state index is 0.124. The minimum atomic E-state index is -0.752. The zero-order valence-electron chi connectivity index (χ0n) is 13.2. The van der Waals surface area contributed by atoms with E-state index in [1.807, 2.05) is 0 Å². The quantitative estimate of drug-likeness (QED) is 0.903. The Morgan fingerprint density at radius 2 is 2.12 bits per heavy atom. The second kappa shape index (κ2) is 5.68. The second-order valence-electron chi connectivity index (χ2n) is 6.04. The lowest BCUT2D eigenvalue weighted by Gasteiger charge is -2.17. The first-order valence-electron chi connectivity index (χ1n) is 7.34. The van der Waals surface area contributed by atoms with Gasteiger partial charge in [0.25, 0.3) is 5.91 Å². The third-order valence-electron chi connectivity index (χ3n) is 4.16. The molecule has 24 heavy (non-hydrogen) atoms. The normalized spacial score (nSPS) is 15.3. The van der Waals surface area contributed by atoms with E-state index in [9.17, 15) is 19.1 Å². The van der Waals surface area contributed by atoms with Crippen LogP contribution in [0.2, 0.25) is 0 Å². The van der Waals surface area contributed by atoms with Crippen LogP contribution >= 0.6 is 0 Å². The number of halogens is 1. The number of amides is 2. The molecule has 0 atom stereocenters. The summed E-state index contributed by atoms with van der Waals surface area (Å²) >= 11 is 0. The van der Waals surface area contributed by atoms with Crippen molar-refractivity contribution in [2.45, 2.75) is 19.3 Å². The summed E-state index contributed by atoms with van der Waals surface area (Å²) in [5.41, 5.74) is 0.813. The predicted molar refractivity (Wildman–Crippen MR) is 86.2 cm³/mol. The average Bonchev–Trinajstić information content (AvgIpc) is 2.74. The maximum absolute atomic E-state index is 13.6. The molecular weight excluding hydrogens is 313 g/mol. The van der Waals surface area contributed by atoms with Crippen molar-refractivity contribution in [3.8, 4) is 0 Å². The van der Waals surface area contributed by atoms with Gasteiger partial charge in [-0.15, -0.1) is 0 Å². The van der Waals surface area contributed by atoms with Crippen LogP contribution in [0.4, 0.5) is 15.8 Å². The molecule has 0 fully saturated rings. The second-order valence-corrected chi connectivity index (χ2v) is 6.04. The highest BCUT2D eigenvalue weighted by Crippen LogP contribution is 2.42. The van der Waals surface area contributed by atoms with Crippen LogP contribution in [0.25, 0.3) is 0 Å². The van der Waals surface area contributed by atoms with Crippen molar-refractivity contribution < 1.29 is 19.1 Å². The van der Waals surface area contributed by atoms with E-state index in [2.05, 4.69) is 10.3 Å². The number of fused-ring (bicyclic) bond motifs is 1. The molecule has 1 aromatic heterocycles. The molecule has 1 aliphatic rings. The van der Waals surface area contributed by atoms with Gasteiger partial charge in [-0.25, -0.2) is 4.39 Å². The van der Waals surface area contributed by atoms with E-state index in [0.29, 0.717) is 11.4 Å². The van der Waals surface area contributed by atoms with E-state index in [0.717, 1.165) is 11.8 Å². The van der Waals surface area contributed by atoms with Crippen molar-refractivity contribution in [3.05, 3.63) is 53.6 Å². The van der Waals surface area contributed by atoms with E-state index in [4.69, 9.17) is 0 Å². The lowest BCUT2D eigenvalue weighted by atomic mass is 9.86. The molecular formula is C17H16FN3O3. The molecule has 6 nitrogen and oxygen atoms in total. The molecule has 0 aliphatic carbocycles. The predicted octanol–water partition coefficient (Wildman–Crippen LogP) is 2.05. The Balaban J connectivity index is 1.93. The van der Waals surface area contributed by atoms with Gasteiger partial charge in [0.05, 0.1) is 22.9 Å². The number of anilines is 2.